The summed E-state index contributed by atoms with van der Waals surface area (Å²) in [5.41, 5.74) is 1.14. The van der Waals surface area contributed by atoms with Gasteiger partial charge < -0.3 is 15.1 Å². The lowest BCUT2D eigenvalue weighted by Gasteiger charge is -2.10. The van der Waals surface area contributed by atoms with E-state index >= 15 is 0 Å². The van der Waals surface area contributed by atoms with E-state index in [1.807, 2.05) is 12.1 Å². The largest absolute Gasteiger partial charge is 0.469 e. The van der Waals surface area contributed by atoms with Gasteiger partial charge in [0, 0.05) is 37.9 Å². The van der Waals surface area contributed by atoms with Crippen molar-refractivity contribution in [3.8, 4) is 0 Å². The summed E-state index contributed by atoms with van der Waals surface area (Å²) in [6.45, 7) is 5.78. The quantitative estimate of drug-likeness (QED) is 0.635. The second-order valence-corrected chi connectivity index (χ2v) is 6.04. The van der Waals surface area contributed by atoms with Crippen LogP contribution in [0.4, 0.5) is 0 Å². The van der Waals surface area contributed by atoms with Crippen LogP contribution in [0.3, 0.4) is 0 Å². The molecule has 0 radical (unpaired) electrons. The summed E-state index contributed by atoms with van der Waals surface area (Å²) in [5.74, 6) is 1.79. The minimum atomic E-state index is 0.794. The highest BCUT2D eigenvalue weighted by Crippen LogP contribution is 2.16. The first-order valence-electron chi connectivity index (χ1n) is 7.09. The van der Waals surface area contributed by atoms with Crippen LogP contribution in [0.15, 0.2) is 27.8 Å². The highest BCUT2D eigenvalue weighted by Gasteiger charge is 2.04. The molecule has 5 nitrogen and oxygen atoms in total. The van der Waals surface area contributed by atoms with Crippen molar-refractivity contribution in [2.75, 3.05) is 20.1 Å². The average Bonchev–Trinajstić information content (AvgIpc) is 3.08. The zero-order valence-corrected chi connectivity index (χ0v) is 13.6. The van der Waals surface area contributed by atoms with Gasteiger partial charge in [0.25, 0.3) is 0 Å². The van der Waals surface area contributed by atoms with Gasteiger partial charge in [-0.3, -0.25) is 4.99 Å². The van der Waals surface area contributed by atoms with E-state index in [2.05, 4.69) is 34.5 Å². The summed E-state index contributed by atoms with van der Waals surface area (Å²) in [4.78, 5) is 10.0. The van der Waals surface area contributed by atoms with Gasteiger partial charge in [-0.15, -0.1) is 11.3 Å². The number of guanidine groups is 1. The van der Waals surface area contributed by atoms with Crippen LogP contribution in [0.25, 0.3) is 0 Å². The zero-order chi connectivity index (χ0) is 15.1. The van der Waals surface area contributed by atoms with Crippen molar-refractivity contribution in [3.63, 3.8) is 0 Å². The van der Waals surface area contributed by atoms with E-state index in [0.717, 1.165) is 43.3 Å². The molecule has 0 unspecified atom stereocenters. The van der Waals surface area contributed by atoms with E-state index in [4.69, 9.17) is 4.42 Å². The second-order valence-electron chi connectivity index (χ2n) is 4.75. The van der Waals surface area contributed by atoms with E-state index in [1.54, 1.807) is 24.6 Å². The Kier molecular flexibility index (Phi) is 5.80. The number of aryl methyl sites for hydroxylation is 2. The summed E-state index contributed by atoms with van der Waals surface area (Å²) in [6, 6.07) is 3.88. The maximum Gasteiger partial charge on any atom is 0.191 e. The number of aromatic nitrogens is 1. The summed E-state index contributed by atoms with van der Waals surface area (Å²) in [7, 11) is 1.78. The van der Waals surface area contributed by atoms with Crippen molar-refractivity contribution in [1.29, 1.82) is 0 Å². The van der Waals surface area contributed by atoms with Gasteiger partial charge in [-0.05, 0) is 26.0 Å². The lowest BCUT2D eigenvalue weighted by molar-refractivity contribution is 0.507. The number of aliphatic imine (C=N–C) groups is 1. The number of nitrogens with zero attached hydrogens (tertiary/aromatic N) is 2. The predicted octanol–water partition coefficient (Wildman–Crippen LogP) is 2.30. The lowest BCUT2D eigenvalue weighted by atomic mass is 10.3. The molecule has 0 aliphatic rings. The fraction of sp³-hybridized carbons (Fsp3) is 0.467. The molecule has 2 aromatic rings. The van der Waals surface area contributed by atoms with Gasteiger partial charge in [-0.2, -0.15) is 0 Å². The van der Waals surface area contributed by atoms with Crippen molar-refractivity contribution < 1.29 is 4.42 Å². The third kappa shape index (κ3) is 4.90. The Morgan fingerprint density at radius 1 is 1.29 bits per heavy atom. The number of nitrogens with one attached hydrogen (secondary N) is 2. The van der Waals surface area contributed by atoms with E-state index in [-0.39, 0.29) is 0 Å². The number of rotatable bonds is 6. The van der Waals surface area contributed by atoms with Crippen molar-refractivity contribution in [2.24, 2.45) is 4.99 Å². The van der Waals surface area contributed by atoms with Crippen LogP contribution in [0, 0.1) is 13.8 Å². The van der Waals surface area contributed by atoms with Crippen molar-refractivity contribution >= 4 is 17.3 Å². The van der Waals surface area contributed by atoms with Gasteiger partial charge in [0.15, 0.2) is 5.96 Å². The van der Waals surface area contributed by atoms with E-state index in [0.29, 0.717) is 0 Å². The van der Waals surface area contributed by atoms with Crippen LogP contribution in [-0.4, -0.2) is 31.1 Å². The summed E-state index contributed by atoms with van der Waals surface area (Å²) in [6.07, 6.45) is 3.46. The Morgan fingerprint density at radius 3 is 2.62 bits per heavy atom. The molecule has 6 heteroatoms. The van der Waals surface area contributed by atoms with Gasteiger partial charge in [0.05, 0.1) is 17.0 Å². The van der Waals surface area contributed by atoms with Gasteiger partial charge in [-0.25, -0.2) is 4.98 Å². The molecule has 0 aliphatic heterocycles. The van der Waals surface area contributed by atoms with Crippen molar-refractivity contribution in [1.82, 2.24) is 15.6 Å². The first-order valence-corrected chi connectivity index (χ1v) is 7.90. The molecule has 2 N–H and O–H groups in total. The molecule has 0 atom stereocenters. The molecule has 0 saturated heterocycles. The van der Waals surface area contributed by atoms with Crippen LogP contribution in [-0.2, 0) is 12.8 Å². The fourth-order valence-electron chi connectivity index (χ4n) is 1.91. The van der Waals surface area contributed by atoms with Crippen molar-refractivity contribution in [3.05, 3.63) is 39.7 Å². The average molecular weight is 306 g/mol. The Balaban J connectivity index is 1.68. The Labute approximate surface area is 129 Å². The number of thiazole rings is 1. The highest BCUT2D eigenvalue weighted by atomic mass is 32.1. The number of hydrogen-bond acceptors (Lipinski definition) is 4. The minimum absolute atomic E-state index is 0.794. The van der Waals surface area contributed by atoms with Crippen LogP contribution < -0.4 is 10.6 Å². The minimum Gasteiger partial charge on any atom is -0.469 e. The van der Waals surface area contributed by atoms with Gasteiger partial charge in [0.1, 0.15) is 5.76 Å². The topological polar surface area (TPSA) is 62.5 Å². The van der Waals surface area contributed by atoms with Gasteiger partial charge in [0.2, 0.25) is 0 Å². The smallest absolute Gasteiger partial charge is 0.191 e. The second kappa shape index (κ2) is 7.83. The molecular weight excluding hydrogens is 284 g/mol. The summed E-state index contributed by atoms with van der Waals surface area (Å²) in [5, 5.41) is 7.74. The Morgan fingerprint density at radius 2 is 2.05 bits per heavy atom. The highest BCUT2D eigenvalue weighted by molar-refractivity contribution is 7.11. The molecular formula is C15H22N4OS. The molecule has 0 aromatic carbocycles. The Hall–Kier alpha value is -1.82. The third-order valence-corrected chi connectivity index (χ3v) is 4.30. The monoisotopic (exact) mass is 306 g/mol. The summed E-state index contributed by atoms with van der Waals surface area (Å²) >= 11 is 1.77. The zero-order valence-electron chi connectivity index (χ0n) is 12.8. The molecule has 0 saturated carbocycles. The third-order valence-electron chi connectivity index (χ3n) is 3.17. The van der Waals surface area contributed by atoms with E-state index in [9.17, 15) is 0 Å². The predicted molar refractivity (Wildman–Crippen MR) is 87.1 cm³/mol. The van der Waals surface area contributed by atoms with E-state index < -0.39 is 0 Å². The normalized spacial score (nSPS) is 11.7. The maximum atomic E-state index is 5.29. The van der Waals surface area contributed by atoms with Crippen LogP contribution >= 0.6 is 11.3 Å². The standard InChI is InChI=1S/C15H22N4OS/c1-11-12(2)21-14(19-11)7-9-18-15(16-3)17-8-6-13-5-4-10-20-13/h4-5,10H,6-9H2,1-3H3,(H2,16,17,18). The van der Waals surface area contributed by atoms with Crippen LogP contribution in [0.2, 0.25) is 0 Å². The molecule has 0 bridgehead atoms. The van der Waals surface area contributed by atoms with Crippen LogP contribution in [0.1, 0.15) is 21.3 Å². The molecule has 0 aliphatic carbocycles. The lowest BCUT2D eigenvalue weighted by Crippen LogP contribution is -2.39. The molecule has 21 heavy (non-hydrogen) atoms. The Bertz CT molecular complexity index is 555. The van der Waals surface area contributed by atoms with Gasteiger partial charge in [-0.1, -0.05) is 0 Å². The first-order chi connectivity index (χ1) is 10.2. The molecule has 2 aromatic heterocycles. The van der Waals surface area contributed by atoms with Gasteiger partial charge >= 0.3 is 0 Å². The molecule has 0 fully saturated rings. The maximum absolute atomic E-state index is 5.29. The molecule has 2 heterocycles. The molecule has 0 spiro atoms. The van der Waals surface area contributed by atoms with Crippen molar-refractivity contribution in [2.45, 2.75) is 26.7 Å². The van der Waals surface area contributed by atoms with E-state index in [1.165, 1.54) is 9.88 Å². The SMILES string of the molecule is CN=C(NCCc1ccco1)NCCc1nc(C)c(C)s1. The fourth-order valence-corrected chi connectivity index (χ4v) is 2.85. The van der Waals surface area contributed by atoms with Crippen LogP contribution in [0.5, 0.6) is 0 Å². The number of furan rings is 1. The summed E-state index contributed by atoms with van der Waals surface area (Å²) < 4.78 is 5.29. The molecule has 114 valence electrons. The molecule has 0 amide bonds. The number of hydrogen-bond donors (Lipinski definition) is 2. The first kappa shape index (κ1) is 15.6. The molecule has 2 rings (SSSR count).